The van der Waals surface area contributed by atoms with Gasteiger partial charge in [-0.1, -0.05) is 86.8 Å². The van der Waals surface area contributed by atoms with Gasteiger partial charge in [0.15, 0.2) is 0 Å². The van der Waals surface area contributed by atoms with E-state index in [2.05, 4.69) is 67.5 Å². The van der Waals surface area contributed by atoms with Crippen LogP contribution in [0.3, 0.4) is 0 Å². The van der Waals surface area contributed by atoms with Gasteiger partial charge < -0.3 is 9.84 Å². The van der Waals surface area contributed by atoms with E-state index in [0.717, 1.165) is 50.7 Å². The van der Waals surface area contributed by atoms with Crippen LogP contribution in [-0.4, -0.2) is 38.1 Å². The van der Waals surface area contributed by atoms with E-state index in [-0.39, 0.29) is 12.0 Å². The lowest BCUT2D eigenvalue weighted by atomic mass is 9.72. The molecule has 7 heteroatoms. The molecule has 0 saturated heterocycles. The lowest BCUT2D eigenvalue weighted by Crippen LogP contribution is -2.24. The molecule has 0 saturated carbocycles. The smallest absolute Gasteiger partial charge is 0.474 e. The summed E-state index contributed by atoms with van der Waals surface area (Å²) in [5.41, 5.74) is 1.80. The highest BCUT2D eigenvalue weighted by atomic mass is 31.2. The van der Waals surface area contributed by atoms with Crippen molar-refractivity contribution >= 4 is 7.82 Å². The van der Waals surface area contributed by atoms with Gasteiger partial charge in [0, 0.05) is 0 Å². The molecule has 0 spiro atoms. The number of aliphatic hydroxyl groups excluding tert-OH is 1. The maximum absolute atomic E-state index is 12.2. The highest BCUT2D eigenvalue weighted by molar-refractivity contribution is 7.48. The Labute approximate surface area is 215 Å². The number of phosphoric acid groups is 1. The third-order valence-electron chi connectivity index (χ3n) is 5.21. The summed E-state index contributed by atoms with van der Waals surface area (Å²) in [6, 6.07) is 8.21. The first-order valence-electron chi connectivity index (χ1n) is 13.3. The van der Waals surface area contributed by atoms with Gasteiger partial charge in [0.1, 0.15) is 12.4 Å². The predicted octanol–water partition coefficient (Wildman–Crippen LogP) is 8.32. The summed E-state index contributed by atoms with van der Waals surface area (Å²) < 4.78 is 33.4. The van der Waals surface area contributed by atoms with Crippen molar-refractivity contribution in [2.45, 2.75) is 106 Å². The largest absolute Gasteiger partial charge is 0.491 e. The highest BCUT2D eigenvalue weighted by Gasteiger charge is 2.27. The Kier molecular flexibility index (Phi) is 17.9. The van der Waals surface area contributed by atoms with Gasteiger partial charge in [-0.2, -0.15) is 0 Å². The molecule has 1 rings (SSSR count). The molecule has 0 aromatic heterocycles. The molecule has 0 heterocycles. The standard InChI is InChI=1S/C16H26O2.C12H27O4P/c1-15(2,3)12-16(4,5)13-6-8-14(9-7-13)18-11-10-17;1-4-7-10-14-17(13,15-11-8-5-2)16-12-9-6-3/h6-9,17H,10-12H2,1-5H3;4-12H2,1-3H3. The number of unbranched alkanes of at least 4 members (excludes halogenated alkanes) is 3. The van der Waals surface area contributed by atoms with Gasteiger partial charge in [-0.15, -0.1) is 0 Å². The molecule has 0 fully saturated rings. The normalized spacial score (nSPS) is 12.3. The Balaban J connectivity index is 0.000000662. The van der Waals surface area contributed by atoms with E-state index in [0.29, 0.717) is 31.8 Å². The predicted molar refractivity (Wildman–Crippen MR) is 146 cm³/mol. The zero-order chi connectivity index (χ0) is 26.8. The highest BCUT2D eigenvalue weighted by Crippen LogP contribution is 2.49. The lowest BCUT2D eigenvalue weighted by molar-refractivity contribution is 0.110. The fraction of sp³-hybridized carbons (Fsp3) is 0.786. The fourth-order valence-electron chi connectivity index (χ4n) is 3.67. The third kappa shape index (κ3) is 17.2. The molecule has 0 aliphatic carbocycles. The molecule has 0 unspecified atom stereocenters. The van der Waals surface area contributed by atoms with Crippen LogP contribution in [0.2, 0.25) is 0 Å². The summed E-state index contributed by atoms with van der Waals surface area (Å²) in [4.78, 5) is 0. The first-order valence-corrected chi connectivity index (χ1v) is 14.8. The third-order valence-corrected chi connectivity index (χ3v) is 6.71. The quantitative estimate of drug-likeness (QED) is 0.166. The van der Waals surface area contributed by atoms with Crippen LogP contribution in [0.1, 0.15) is 106 Å². The van der Waals surface area contributed by atoms with Crippen molar-refractivity contribution in [1.82, 2.24) is 0 Å². The van der Waals surface area contributed by atoms with Crippen LogP contribution in [0, 0.1) is 5.41 Å². The summed E-state index contributed by atoms with van der Waals surface area (Å²) >= 11 is 0. The number of hydrogen-bond donors (Lipinski definition) is 1. The molecule has 1 aromatic carbocycles. The molecule has 6 nitrogen and oxygen atoms in total. The molecule has 1 N–H and O–H groups in total. The Morgan fingerprint density at radius 1 is 0.743 bits per heavy atom. The molecule has 0 aliphatic heterocycles. The van der Waals surface area contributed by atoms with Gasteiger partial charge in [-0.05, 0) is 54.2 Å². The molecule has 0 bridgehead atoms. The lowest BCUT2D eigenvalue weighted by Gasteiger charge is -2.33. The molecule has 0 radical (unpaired) electrons. The van der Waals surface area contributed by atoms with Crippen molar-refractivity contribution in [2.75, 3.05) is 33.0 Å². The Morgan fingerprint density at radius 2 is 1.17 bits per heavy atom. The average molecular weight is 517 g/mol. The van der Waals surface area contributed by atoms with Gasteiger partial charge in [0.2, 0.25) is 0 Å². The molecule has 35 heavy (non-hydrogen) atoms. The number of aliphatic hydroxyl groups is 1. The van der Waals surface area contributed by atoms with Crippen molar-refractivity contribution in [3.05, 3.63) is 29.8 Å². The Bertz CT molecular complexity index is 648. The van der Waals surface area contributed by atoms with Crippen LogP contribution < -0.4 is 4.74 Å². The van der Waals surface area contributed by atoms with E-state index in [1.54, 1.807) is 0 Å². The number of ether oxygens (including phenoxy) is 1. The summed E-state index contributed by atoms with van der Waals surface area (Å²) in [5.74, 6) is 0.819. The van der Waals surface area contributed by atoms with Crippen molar-refractivity contribution in [2.24, 2.45) is 5.41 Å². The Morgan fingerprint density at radius 3 is 1.51 bits per heavy atom. The number of hydrogen-bond acceptors (Lipinski definition) is 6. The first kappa shape index (κ1) is 34.1. The van der Waals surface area contributed by atoms with Crippen molar-refractivity contribution in [3.63, 3.8) is 0 Å². The topological polar surface area (TPSA) is 74.2 Å². The van der Waals surface area contributed by atoms with Crippen LogP contribution in [0.5, 0.6) is 5.75 Å². The minimum Gasteiger partial charge on any atom is -0.491 e. The minimum absolute atomic E-state index is 0.0528. The average Bonchev–Trinajstić information content (AvgIpc) is 2.77. The van der Waals surface area contributed by atoms with Crippen molar-refractivity contribution in [1.29, 1.82) is 0 Å². The van der Waals surface area contributed by atoms with Crippen LogP contribution in [0.4, 0.5) is 0 Å². The summed E-state index contributed by atoms with van der Waals surface area (Å²) in [6.07, 6.45) is 6.77. The zero-order valence-electron chi connectivity index (χ0n) is 23.7. The number of rotatable bonds is 17. The molecule has 0 aliphatic rings. The fourth-order valence-corrected chi connectivity index (χ4v) is 4.95. The second-order valence-corrected chi connectivity index (χ2v) is 12.4. The second kappa shape index (κ2) is 18.4. The molecule has 1 aromatic rings. The molecular weight excluding hydrogens is 463 g/mol. The van der Waals surface area contributed by atoms with E-state index in [4.69, 9.17) is 23.4 Å². The first-order chi connectivity index (χ1) is 16.4. The maximum atomic E-state index is 12.2. The van der Waals surface area contributed by atoms with Crippen molar-refractivity contribution < 1.29 is 28.0 Å². The van der Waals surface area contributed by atoms with Gasteiger partial charge >= 0.3 is 7.82 Å². The monoisotopic (exact) mass is 516 g/mol. The van der Waals surface area contributed by atoms with E-state index in [1.165, 1.54) is 5.56 Å². The molecule has 0 atom stereocenters. The van der Waals surface area contributed by atoms with Crippen LogP contribution >= 0.6 is 7.82 Å². The molecular formula is C28H53O6P. The van der Waals surface area contributed by atoms with E-state index in [9.17, 15) is 4.57 Å². The SMILES string of the molecule is CC(C)(C)CC(C)(C)c1ccc(OCCO)cc1.CCCCOP(=O)(OCCCC)OCCCC. The minimum atomic E-state index is -3.31. The summed E-state index contributed by atoms with van der Waals surface area (Å²) in [6.45, 7) is 19.3. The van der Waals surface area contributed by atoms with Crippen LogP contribution in [0.25, 0.3) is 0 Å². The van der Waals surface area contributed by atoms with Gasteiger partial charge in [-0.25, -0.2) is 4.57 Å². The summed E-state index contributed by atoms with van der Waals surface area (Å²) in [7, 11) is -3.31. The van der Waals surface area contributed by atoms with Gasteiger partial charge in [0.05, 0.1) is 26.4 Å². The Hall–Kier alpha value is -0.910. The van der Waals surface area contributed by atoms with Gasteiger partial charge in [-0.3, -0.25) is 13.6 Å². The second-order valence-electron chi connectivity index (χ2n) is 10.7. The maximum Gasteiger partial charge on any atom is 0.474 e. The van der Waals surface area contributed by atoms with E-state index < -0.39 is 7.82 Å². The van der Waals surface area contributed by atoms with Crippen LogP contribution in [0.15, 0.2) is 24.3 Å². The van der Waals surface area contributed by atoms with E-state index in [1.807, 2.05) is 12.1 Å². The van der Waals surface area contributed by atoms with Crippen molar-refractivity contribution in [3.8, 4) is 5.75 Å². The van der Waals surface area contributed by atoms with Gasteiger partial charge in [0.25, 0.3) is 0 Å². The summed E-state index contributed by atoms with van der Waals surface area (Å²) in [5, 5.41) is 8.71. The zero-order valence-corrected chi connectivity index (χ0v) is 24.6. The van der Waals surface area contributed by atoms with E-state index >= 15 is 0 Å². The number of phosphoric ester groups is 1. The molecule has 206 valence electrons. The number of benzene rings is 1. The van der Waals surface area contributed by atoms with Crippen LogP contribution in [-0.2, 0) is 23.6 Å². The molecule has 0 amide bonds.